The Labute approximate surface area is 249 Å². The van der Waals surface area contributed by atoms with E-state index in [-0.39, 0.29) is 18.0 Å². The van der Waals surface area contributed by atoms with E-state index in [1.54, 1.807) is 48.5 Å². The van der Waals surface area contributed by atoms with Gasteiger partial charge in [0.05, 0.1) is 30.4 Å². The maximum absolute atomic E-state index is 12.6. The Kier molecular flexibility index (Phi) is 13.6. The molecule has 7 heteroatoms. The van der Waals surface area contributed by atoms with Crippen molar-refractivity contribution in [2.24, 2.45) is 0 Å². The SMILES string of the molecule is CCCCCCC(C)OC(=O)c1ccc(-c2ccc(OC(=O)c3ccc(OCCCOC(=O)CCC)cc3)cc2)cc1. The van der Waals surface area contributed by atoms with E-state index in [1.807, 2.05) is 38.1 Å². The zero-order chi connectivity index (χ0) is 30.2. The van der Waals surface area contributed by atoms with E-state index < -0.39 is 5.97 Å². The molecule has 0 N–H and O–H groups in total. The molecule has 0 aliphatic carbocycles. The first-order valence-electron chi connectivity index (χ1n) is 14.9. The quantitative estimate of drug-likeness (QED) is 0.0912. The van der Waals surface area contributed by atoms with Gasteiger partial charge in [-0.1, -0.05) is 57.4 Å². The maximum Gasteiger partial charge on any atom is 0.343 e. The van der Waals surface area contributed by atoms with Gasteiger partial charge in [-0.15, -0.1) is 0 Å². The molecule has 0 radical (unpaired) electrons. The summed E-state index contributed by atoms with van der Waals surface area (Å²) in [5.74, 6) is 0.0684. The third-order valence-electron chi connectivity index (χ3n) is 6.66. The number of carbonyl (C=O) groups excluding carboxylic acids is 3. The summed E-state index contributed by atoms with van der Waals surface area (Å²) in [4.78, 5) is 36.5. The highest BCUT2D eigenvalue weighted by atomic mass is 16.5. The van der Waals surface area contributed by atoms with Crippen molar-refractivity contribution in [3.05, 3.63) is 83.9 Å². The van der Waals surface area contributed by atoms with Gasteiger partial charge >= 0.3 is 17.9 Å². The van der Waals surface area contributed by atoms with Crippen molar-refractivity contribution in [1.82, 2.24) is 0 Å². The third-order valence-corrected chi connectivity index (χ3v) is 6.66. The topological polar surface area (TPSA) is 88.1 Å². The highest BCUT2D eigenvalue weighted by Gasteiger charge is 2.13. The maximum atomic E-state index is 12.6. The Hall–Kier alpha value is -4.13. The number of benzene rings is 3. The van der Waals surface area contributed by atoms with Crippen molar-refractivity contribution < 1.29 is 33.3 Å². The molecular weight excluding hydrogens is 532 g/mol. The Morgan fingerprint density at radius 3 is 1.88 bits per heavy atom. The predicted molar refractivity (Wildman–Crippen MR) is 163 cm³/mol. The van der Waals surface area contributed by atoms with Crippen LogP contribution < -0.4 is 9.47 Å². The number of hydrogen-bond donors (Lipinski definition) is 0. The molecule has 0 spiro atoms. The van der Waals surface area contributed by atoms with Crippen molar-refractivity contribution in [2.45, 2.75) is 78.2 Å². The van der Waals surface area contributed by atoms with Crippen LogP contribution in [0.5, 0.6) is 11.5 Å². The highest BCUT2D eigenvalue weighted by Crippen LogP contribution is 2.24. The van der Waals surface area contributed by atoms with Gasteiger partial charge in [0.15, 0.2) is 0 Å². The van der Waals surface area contributed by atoms with Crippen molar-refractivity contribution in [3.63, 3.8) is 0 Å². The van der Waals surface area contributed by atoms with Crippen LogP contribution in [0.3, 0.4) is 0 Å². The average Bonchev–Trinajstić information content (AvgIpc) is 3.00. The molecule has 0 fully saturated rings. The first-order valence-corrected chi connectivity index (χ1v) is 14.9. The lowest BCUT2D eigenvalue weighted by molar-refractivity contribution is -0.143. The summed E-state index contributed by atoms with van der Waals surface area (Å²) in [6.07, 6.45) is 7.17. The molecule has 224 valence electrons. The standard InChI is InChI=1S/C35H42O7/c1-4-6-7-8-11-26(3)41-34(37)29-14-12-27(13-15-29)28-16-22-32(23-17-28)42-35(38)30-18-20-31(21-19-30)39-24-9-25-40-33(36)10-5-2/h12-23,26H,4-11,24-25H2,1-3H3. The van der Waals surface area contributed by atoms with E-state index in [0.717, 1.165) is 36.8 Å². The number of ether oxygens (including phenoxy) is 4. The van der Waals surface area contributed by atoms with Crippen LogP contribution in [0.2, 0.25) is 0 Å². The van der Waals surface area contributed by atoms with Gasteiger partial charge in [-0.3, -0.25) is 4.79 Å². The van der Waals surface area contributed by atoms with Crippen molar-refractivity contribution in [3.8, 4) is 22.6 Å². The van der Waals surface area contributed by atoms with Crippen LogP contribution in [0.15, 0.2) is 72.8 Å². The molecule has 0 aliphatic heterocycles. The summed E-state index contributed by atoms with van der Waals surface area (Å²) in [7, 11) is 0. The molecule has 3 aromatic carbocycles. The van der Waals surface area contributed by atoms with Crippen LogP contribution in [-0.2, 0) is 14.3 Å². The monoisotopic (exact) mass is 574 g/mol. The summed E-state index contributed by atoms with van der Waals surface area (Å²) < 4.78 is 21.9. The molecule has 0 saturated carbocycles. The smallest absolute Gasteiger partial charge is 0.343 e. The van der Waals surface area contributed by atoms with Crippen LogP contribution in [0.1, 0.15) is 92.9 Å². The lowest BCUT2D eigenvalue weighted by atomic mass is 10.0. The number of carbonyl (C=O) groups is 3. The molecule has 0 heterocycles. The predicted octanol–water partition coefficient (Wildman–Crippen LogP) is 8.20. The summed E-state index contributed by atoms with van der Waals surface area (Å²) in [5, 5.41) is 0. The molecule has 0 bridgehead atoms. The lowest BCUT2D eigenvalue weighted by Gasteiger charge is -2.13. The van der Waals surface area contributed by atoms with Crippen molar-refractivity contribution >= 4 is 17.9 Å². The Bertz CT molecular complexity index is 1250. The molecular formula is C35H42O7. The first-order chi connectivity index (χ1) is 20.4. The van der Waals surface area contributed by atoms with Crippen LogP contribution >= 0.6 is 0 Å². The summed E-state index contributed by atoms with van der Waals surface area (Å²) in [6, 6.07) is 21.2. The van der Waals surface area contributed by atoms with E-state index in [1.165, 1.54) is 12.8 Å². The Balaban J connectivity index is 1.44. The number of rotatable bonds is 17. The number of hydrogen-bond acceptors (Lipinski definition) is 7. The fraction of sp³-hybridized carbons (Fsp3) is 0.400. The largest absolute Gasteiger partial charge is 0.493 e. The molecule has 0 aliphatic rings. The van der Waals surface area contributed by atoms with E-state index in [4.69, 9.17) is 18.9 Å². The van der Waals surface area contributed by atoms with Gasteiger partial charge < -0.3 is 18.9 Å². The highest BCUT2D eigenvalue weighted by molar-refractivity contribution is 5.91. The average molecular weight is 575 g/mol. The first kappa shape index (κ1) is 32.4. The van der Waals surface area contributed by atoms with Gasteiger partial charge in [-0.2, -0.15) is 0 Å². The fourth-order valence-corrected chi connectivity index (χ4v) is 4.25. The minimum Gasteiger partial charge on any atom is -0.493 e. The van der Waals surface area contributed by atoms with E-state index in [2.05, 4.69) is 6.92 Å². The van der Waals surface area contributed by atoms with E-state index in [9.17, 15) is 14.4 Å². The molecule has 0 aromatic heterocycles. The van der Waals surface area contributed by atoms with Gasteiger partial charge in [-0.25, -0.2) is 9.59 Å². The van der Waals surface area contributed by atoms with E-state index >= 15 is 0 Å². The minimum absolute atomic E-state index is 0.102. The second-order valence-electron chi connectivity index (χ2n) is 10.3. The van der Waals surface area contributed by atoms with Crippen LogP contribution in [-0.4, -0.2) is 37.2 Å². The van der Waals surface area contributed by atoms with Gasteiger partial charge in [-0.05, 0) is 85.8 Å². The van der Waals surface area contributed by atoms with Crippen LogP contribution in [0.25, 0.3) is 11.1 Å². The summed E-state index contributed by atoms with van der Waals surface area (Å²) in [5.41, 5.74) is 2.79. The van der Waals surface area contributed by atoms with Gasteiger partial charge in [0.25, 0.3) is 0 Å². The molecule has 0 amide bonds. The van der Waals surface area contributed by atoms with Crippen molar-refractivity contribution in [1.29, 1.82) is 0 Å². The molecule has 42 heavy (non-hydrogen) atoms. The van der Waals surface area contributed by atoms with E-state index in [0.29, 0.717) is 48.7 Å². The Morgan fingerprint density at radius 2 is 1.24 bits per heavy atom. The summed E-state index contributed by atoms with van der Waals surface area (Å²) in [6.45, 7) is 6.77. The second-order valence-corrected chi connectivity index (χ2v) is 10.3. The molecule has 3 aromatic rings. The zero-order valence-electron chi connectivity index (χ0n) is 24.9. The molecule has 0 saturated heterocycles. The zero-order valence-corrected chi connectivity index (χ0v) is 24.9. The normalized spacial score (nSPS) is 11.4. The van der Waals surface area contributed by atoms with Crippen LogP contribution in [0.4, 0.5) is 0 Å². The molecule has 1 atom stereocenters. The molecule has 1 unspecified atom stereocenters. The van der Waals surface area contributed by atoms with Gasteiger partial charge in [0, 0.05) is 12.8 Å². The third kappa shape index (κ3) is 11.0. The summed E-state index contributed by atoms with van der Waals surface area (Å²) >= 11 is 0. The molecule has 3 rings (SSSR count). The second kappa shape index (κ2) is 17.6. The number of esters is 3. The van der Waals surface area contributed by atoms with Gasteiger partial charge in [0.1, 0.15) is 11.5 Å². The lowest BCUT2D eigenvalue weighted by Crippen LogP contribution is -2.15. The molecule has 7 nitrogen and oxygen atoms in total. The minimum atomic E-state index is -0.473. The number of unbranched alkanes of at least 4 members (excludes halogenated alkanes) is 3. The van der Waals surface area contributed by atoms with Gasteiger partial charge in [0.2, 0.25) is 0 Å². The fourth-order valence-electron chi connectivity index (χ4n) is 4.25. The Morgan fingerprint density at radius 1 is 0.643 bits per heavy atom. The van der Waals surface area contributed by atoms with Crippen molar-refractivity contribution in [2.75, 3.05) is 13.2 Å². The van der Waals surface area contributed by atoms with Crippen LogP contribution in [0, 0.1) is 0 Å².